The third-order valence-corrected chi connectivity index (χ3v) is 5.29. The first-order valence-corrected chi connectivity index (χ1v) is 8.63. The predicted octanol–water partition coefficient (Wildman–Crippen LogP) is 4.45. The van der Waals surface area contributed by atoms with Crippen molar-refractivity contribution in [3.63, 3.8) is 0 Å². The molecule has 0 heterocycles. The van der Waals surface area contributed by atoms with Crippen molar-refractivity contribution in [3.8, 4) is 0 Å². The number of nitrogens with two attached hydrogens (primary N) is 1. The topological polar surface area (TPSA) is 55.1 Å². The van der Waals surface area contributed by atoms with Crippen molar-refractivity contribution in [1.29, 1.82) is 0 Å². The smallest absolute Gasteiger partial charge is 0.231 e. The van der Waals surface area contributed by atoms with Crippen LogP contribution in [0.4, 0.5) is 5.69 Å². The van der Waals surface area contributed by atoms with Crippen LogP contribution in [0.15, 0.2) is 27.1 Å². The summed E-state index contributed by atoms with van der Waals surface area (Å²) in [6.45, 7) is 0.421. The maximum Gasteiger partial charge on any atom is 0.231 e. The number of anilines is 1. The normalized spacial score (nSPS) is 18.4. The van der Waals surface area contributed by atoms with Gasteiger partial charge in [-0.3, -0.25) is 4.79 Å². The molecule has 1 aromatic rings. The van der Waals surface area contributed by atoms with Gasteiger partial charge in [0.25, 0.3) is 0 Å². The standard InChI is InChI=1S/C15H20Br2N2O/c16-11-5-6-12(17)13(9-11)19-14(20)15(10-18)7-3-1-2-4-8-15/h5-6,9H,1-4,7-8,10,18H2,(H,19,20). The van der Waals surface area contributed by atoms with Crippen molar-refractivity contribution in [1.82, 2.24) is 0 Å². The molecule has 0 bridgehead atoms. The Morgan fingerprint density at radius 2 is 1.85 bits per heavy atom. The lowest BCUT2D eigenvalue weighted by Gasteiger charge is -2.30. The van der Waals surface area contributed by atoms with E-state index >= 15 is 0 Å². The molecule has 1 aliphatic carbocycles. The highest BCUT2D eigenvalue weighted by atomic mass is 79.9. The van der Waals surface area contributed by atoms with Gasteiger partial charge < -0.3 is 11.1 Å². The molecule has 1 aliphatic rings. The van der Waals surface area contributed by atoms with Crippen LogP contribution >= 0.6 is 31.9 Å². The second-order valence-corrected chi connectivity index (χ2v) is 7.25. The fraction of sp³-hybridized carbons (Fsp3) is 0.533. The molecule has 2 rings (SSSR count). The van der Waals surface area contributed by atoms with Crippen molar-refractivity contribution in [2.45, 2.75) is 38.5 Å². The Kier molecular flexibility index (Phi) is 5.64. The van der Waals surface area contributed by atoms with E-state index in [-0.39, 0.29) is 5.91 Å². The molecule has 0 aromatic heterocycles. The van der Waals surface area contributed by atoms with E-state index in [1.165, 1.54) is 12.8 Å². The summed E-state index contributed by atoms with van der Waals surface area (Å²) in [6, 6.07) is 5.76. The fourth-order valence-electron chi connectivity index (χ4n) is 2.78. The number of nitrogens with one attached hydrogen (secondary N) is 1. The average Bonchev–Trinajstić information content (AvgIpc) is 2.69. The Balaban J connectivity index is 2.18. The van der Waals surface area contributed by atoms with Gasteiger partial charge in [0.05, 0.1) is 11.1 Å². The van der Waals surface area contributed by atoms with Gasteiger partial charge >= 0.3 is 0 Å². The molecule has 3 nitrogen and oxygen atoms in total. The molecule has 0 unspecified atom stereocenters. The number of hydrogen-bond acceptors (Lipinski definition) is 2. The summed E-state index contributed by atoms with van der Waals surface area (Å²) in [5, 5.41) is 3.04. The van der Waals surface area contributed by atoms with Gasteiger partial charge in [0.2, 0.25) is 5.91 Å². The molecular weight excluding hydrogens is 384 g/mol. The van der Waals surface area contributed by atoms with Crippen LogP contribution in [-0.4, -0.2) is 12.5 Å². The molecular formula is C15H20Br2N2O. The minimum absolute atomic E-state index is 0.0562. The number of carbonyl (C=O) groups excluding carboxylic acids is 1. The average molecular weight is 404 g/mol. The van der Waals surface area contributed by atoms with E-state index in [0.29, 0.717) is 6.54 Å². The number of hydrogen-bond donors (Lipinski definition) is 2. The molecule has 0 spiro atoms. The van der Waals surface area contributed by atoms with Gasteiger partial charge in [0, 0.05) is 15.5 Å². The highest BCUT2D eigenvalue weighted by Gasteiger charge is 2.37. The van der Waals surface area contributed by atoms with Gasteiger partial charge in [-0.25, -0.2) is 0 Å². The van der Waals surface area contributed by atoms with Crippen molar-refractivity contribution >= 4 is 43.5 Å². The van der Waals surface area contributed by atoms with E-state index < -0.39 is 5.41 Å². The van der Waals surface area contributed by atoms with Crippen LogP contribution in [-0.2, 0) is 4.79 Å². The van der Waals surface area contributed by atoms with E-state index in [1.54, 1.807) is 0 Å². The van der Waals surface area contributed by atoms with Crippen molar-refractivity contribution < 1.29 is 4.79 Å². The number of benzene rings is 1. The number of carbonyl (C=O) groups is 1. The van der Waals surface area contributed by atoms with E-state index in [9.17, 15) is 4.79 Å². The van der Waals surface area contributed by atoms with Crippen LogP contribution in [0.5, 0.6) is 0 Å². The minimum atomic E-state index is -0.405. The zero-order valence-electron chi connectivity index (χ0n) is 11.4. The van der Waals surface area contributed by atoms with Crippen molar-refractivity contribution in [2.24, 2.45) is 11.1 Å². The molecule has 0 saturated heterocycles. The third-order valence-electron chi connectivity index (χ3n) is 4.11. The summed E-state index contributed by atoms with van der Waals surface area (Å²) in [5.74, 6) is 0.0562. The lowest BCUT2D eigenvalue weighted by atomic mass is 9.79. The molecule has 0 atom stereocenters. The summed E-state index contributed by atoms with van der Waals surface area (Å²) in [7, 11) is 0. The quantitative estimate of drug-likeness (QED) is 0.732. The molecule has 1 fully saturated rings. The predicted molar refractivity (Wildman–Crippen MR) is 89.7 cm³/mol. The zero-order chi connectivity index (χ0) is 14.6. The van der Waals surface area contributed by atoms with Crippen LogP contribution < -0.4 is 11.1 Å². The van der Waals surface area contributed by atoms with Crippen LogP contribution in [0, 0.1) is 5.41 Å². The van der Waals surface area contributed by atoms with E-state index in [0.717, 1.165) is 40.3 Å². The maximum absolute atomic E-state index is 12.7. The summed E-state index contributed by atoms with van der Waals surface area (Å²) < 4.78 is 1.83. The first-order valence-electron chi connectivity index (χ1n) is 7.04. The molecule has 0 radical (unpaired) electrons. The van der Waals surface area contributed by atoms with Crippen LogP contribution in [0.3, 0.4) is 0 Å². The monoisotopic (exact) mass is 402 g/mol. The number of rotatable bonds is 3. The molecule has 1 saturated carbocycles. The Morgan fingerprint density at radius 1 is 1.20 bits per heavy atom. The highest BCUT2D eigenvalue weighted by molar-refractivity contribution is 9.11. The SMILES string of the molecule is NCC1(C(=O)Nc2cc(Br)ccc2Br)CCCCCC1. The van der Waals surface area contributed by atoms with E-state index in [1.807, 2.05) is 18.2 Å². The summed E-state index contributed by atoms with van der Waals surface area (Å²) in [5.41, 5.74) is 6.34. The Labute approximate surface area is 136 Å². The summed E-state index contributed by atoms with van der Waals surface area (Å²) in [6.07, 6.45) is 6.36. The molecule has 110 valence electrons. The first kappa shape index (κ1) is 16.0. The summed E-state index contributed by atoms with van der Waals surface area (Å²) in [4.78, 5) is 12.7. The van der Waals surface area contributed by atoms with E-state index in [2.05, 4.69) is 37.2 Å². The van der Waals surface area contributed by atoms with Gasteiger partial charge in [0.15, 0.2) is 0 Å². The number of amides is 1. The van der Waals surface area contributed by atoms with E-state index in [4.69, 9.17) is 5.73 Å². The Bertz CT molecular complexity index is 483. The zero-order valence-corrected chi connectivity index (χ0v) is 14.6. The molecule has 20 heavy (non-hydrogen) atoms. The second kappa shape index (κ2) is 7.05. The molecule has 1 amide bonds. The van der Waals surface area contributed by atoms with Gasteiger partial charge in [-0.1, -0.05) is 41.6 Å². The van der Waals surface area contributed by atoms with Gasteiger partial charge in [-0.05, 0) is 47.0 Å². The van der Waals surface area contributed by atoms with Gasteiger partial charge in [-0.2, -0.15) is 0 Å². The maximum atomic E-state index is 12.7. The van der Waals surface area contributed by atoms with Crippen LogP contribution in [0.2, 0.25) is 0 Å². The lowest BCUT2D eigenvalue weighted by Crippen LogP contribution is -2.42. The second-order valence-electron chi connectivity index (χ2n) is 5.48. The molecule has 3 N–H and O–H groups in total. The molecule has 1 aromatic carbocycles. The van der Waals surface area contributed by atoms with Crippen LogP contribution in [0.1, 0.15) is 38.5 Å². The Morgan fingerprint density at radius 3 is 2.45 bits per heavy atom. The minimum Gasteiger partial charge on any atom is -0.329 e. The molecule has 0 aliphatic heterocycles. The third kappa shape index (κ3) is 3.62. The van der Waals surface area contributed by atoms with Gasteiger partial charge in [-0.15, -0.1) is 0 Å². The summed E-state index contributed by atoms with van der Waals surface area (Å²) >= 11 is 6.90. The largest absolute Gasteiger partial charge is 0.329 e. The Hall–Kier alpha value is -0.390. The lowest BCUT2D eigenvalue weighted by molar-refractivity contribution is -0.125. The fourth-order valence-corrected chi connectivity index (χ4v) is 3.48. The number of halogens is 2. The van der Waals surface area contributed by atoms with Gasteiger partial charge in [0.1, 0.15) is 0 Å². The van der Waals surface area contributed by atoms with Crippen molar-refractivity contribution in [3.05, 3.63) is 27.1 Å². The highest BCUT2D eigenvalue weighted by Crippen LogP contribution is 2.36. The first-order chi connectivity index (χ1) is 9.57. The molecule has 5 heteroatoms. The van der Waals surface area contributed by atoms with Crippen LogP contribution in [0.25, 0.3) is 0 Å². The van der Waals surface area contributed by atoms with Crippen molar-refractivity contribution in [2.75, 3.05) is 11.9 Å².